The molecule has 0 saturated carbocycles. The molecule has 3 nitrogen and oxygen atoms in total. The van der Waals surface area contributed by atoms with Crippen LogP contribution in [0.15, 0.2) is 71.6 Å². The molecule has 0 fully saturated rings. The van der Waals surface area contributed by atoms with E-state index in [9.17, 15) is 0 Å². The van der Waals surface area contributed by atoms with Gasteiger partial charge in [-0.05, 0) is 66.5 Å². The summed E-state index contributed by atoms with van der Waals surface area (Å²) < 4.78 is 3.32. The number of anilines is 1. The number of hydrogen-bond donors (Lipinski definition) is 2. The van der Waals surface area contributed by atoms with Gasteiger partial charge in [-0.3, -0.25) is 0 Å². The molecule has 4 aromatic rings. The van der Waals surface area contributed by atoms with Crippen molar-refractivity contribution in [2.45, 2.75) is 4.90 Å². The largest absolute Gasteiger partial charge is 0.338 e. The van der Waals surface area contributed by atoms with E-state index in [4.69, 9.17) is 23.2 Å². The van der Waals surface area contributed by atoms with E-state index in [0.29, 0.717) is 5.02 Å². The Balaban J connectivity index is 1.60. The summed E-state index contributed by atoms with van der Waals surface area (Å²) in [6.07, 6.45) is 0. The molecule has 1 aromatic heterocycles. The molecule has 0 amide bonds. The van der Waals surface area contributed by atoms with Crippen LogP contribution in [0.2, 0.25) is 10.0 Å². The van der Waals surface area contributed by atoms with Crippen LogP contribution in [0.5, 0.6) is 0 Å². The summed E-state index contributed by atoms with van der Waals surface area (Å²) in [5.74, 6) is 0.756. The van der Waals surface area contributed by atoms with Gasteiger partial charge in [0.25, 0.3) is 0 Å². The number of fused-ring (bicyclic) bond motifs is 1. The third-order valence-electron chi connectivity index (χ3n) is 3.71. The third-order valence-corrected chi connectivity index (χ3v) is 5.14. The van der Waals surface area contributed by atoms with Gasteiger partial charge in [0.15, 0.2) is 0 Å². The third kappa shape index (κ3) is 3.61. The van der Waals surface area contributed by atoms with Crippen LogP contribution in [0, 0.1) is 0 Å². The second kappa shape index (κ2) is 7.00. The molecular formula is C19H13Cl2N3S. The van der Waals surface area contributed by atoms with Crippen molar-refractivity contribution in [2.24, 2.45) is 0 Å². The van der Waals surface area contributed by atoms with E-state index in [1.54, 1.807) is 0 Å². The highest BCUT2D eigenvalue weighted by Crippen LogP contribution is 2.32. The second-order valence-corrected chi connectivity index (χ2v) is 7.18. The Bertz CT molecular complexity index is 995. The summed E-state index contributed by atoms with van der Waals surface area (Å²) in [5, 5.41) is 1.38. The fourth-order valence-corrected chi connectivity index (χ4v) is 3.44. The lowest BCUT2D eigenvalue weighted by molar-refractivity contribution is 1.34. The number of benzene rings is 3. The summed E-state index contributed by atoms with van der Waals surface area (Å²) in [6.45, 7) is 0. The van der Waals surface area contributed by atoms with Crippen molar-refractivity contribution in [3.8, 4) is 11.4 Å². The molecule has 6 heteroatoms. The minimum Gasteiger partial charge on any atom is -0.338 e. The molecular weight excluding hydrogens is 373 g/mol. The molecule has 124 valence electrons. The summed E-state index contributed by atoms with van der Waals surface area (Å²) >= 11 is 13.8. The lowest BCUT2D eigenvalue weighted by Crippen LogP contribution is -1.89. The zero-order chi connectivity index (χ0) is 17.2. The first-order valence-electron chi connectivity index (χ1n) is 7.62. The predicted octanol–water partition coefficient (Wildman–Crippen LogP) is 6.66. The smallest absolute Gasteiger partial charge is 0.140 e. The van der Waals surface area contributed by atoms with Crippen molar-refractivity contribution in [3.63, 3.8) is 0 Å². The van der Waals surface area contributed by atoms with Gasteiger partial charge in [0.2, 0.25) is 0 Å². The molecule has 1 heterocycles. The highest BCUT2D eigenvalue weighted by atomic mass is 35.5. The Labute approximate surface area is 159 Å². The summed E-state index contributed by atoms with van der Waals surface area (Å²) in [6, 6.07) is 21.4. The van der Waals surface area contributed by atoms with E-state index in [1.165, 1.54) is 11.9 Å². The highest BCUT2D eigenvalue weighted by Gasteiger charge is 2.10. The fraction of sp³-hybridized carbons (Fsp3) is 0. The van der Waals surface area contributed by atoms with Crippen molar-refractivity contribution < 1.29 is 0 Å². The first kappa shape index (κ1) is 16.3. The van der Waals surface area contributed by atoms with E-state index in [-0.39, 0.29) is 0 Å². The first-order chi connectivity index (χ1) is 12.2. The van der Waals surface area contributed by atoms with E-state index in [2.05, 4.69) is 14.7 Å². The number of halogens is 2. The molecule has 0 atom stereocenters. The maximum atomic E-state index is 6.38. The molecule has 0 aliphatic heterocycles. The number of nitrogens with zero attached hydrogens (tertiary/aromatic N) is 1. The standard InChI is InChI=1S/C19H13Cl2N3S/c20-12-5-8-14(9-6-12)25-24-13-7-10-16(21)15(11-13)19-22-17-3-1-2-4-18(17)23-19/h1-11,24H,(H,22,23). The number of para-hydroxylation sites is 2. The van der Waals surface area contributed by atoms with Gasteiger partial charge in [0, 0.05) is 21.2 Å². The van der Waals surface area contributed by atoms with Crippen molar-refractivity contribution >= 4 is 51.9 Å². The van der Waals surface area contributed by atoms with E-state index in [0.717, 1.165) is 38.0 Å². The van der Waals surface area contributed by atoms with Crippen LogP contribution in [0.3, 0.4) is 0 Å². The number of H-pyrrole nitrogens is 1. The van der Waals surface area contributed by atoms with Gasteiger partial charge < -0.3 is 9.71 Å². The number of aromatic nitrogens is 2. The van der Waals surface area contributed by atoms with E-state index < -0.39 is 0 Å². The van der Waals surface area contributed by atoms with Gasteiger partial charge in [-0.15, -0.1) is 0 Å². The topological polar surface area (TPSA) is 40.7 Å². The normalized spacial score (nSPS) is 11.0. The minimum atomic E-state index is 0.654. The lowest BCUT2D eigenvalue weighted by Gasteiger charge is -2.08. The molecule has 0 aliphatic rings. The number of imidazole rings is 1. The average molecular weight is 386 g/mol. The van der Waals surface area contributed by atoms with Crippen molar-refractivity contribution in [1.82, 2.24) is 9.97 Å². The van der Waals surface area contributed by atoms with Gasteiger partial charge in [-0.25, -0.2) is 4.98 Å². The zero-order valence-corrected chi connectivity index (χ0v) is 15.3. The molecule has 0 unspecified atom stereocenters. The van der Waals surface area contributed by atoms with Gasteiger partial charge in [-0.1, -0.05) is 35.3 Å². The van der Waals surface area contributed by atoms with Crippen LogP contribution in [-0.2, 0) is 0 Å². The van der Waals surface area contributed by atoms with Gasteiger partial charge >= 0.3 is 0 Å². The van der Waals surface area contributed by atoms with Crippen LogP contribution in [0.25, 0.3) is 22.4 Å². The van der Waals surface area contributed by atoms with E-state index >= 15 is 0 Å². The predicted molar refractivity (Wildman–Crippen MR) is 107 cm³/mol. The van der Waals surface area contributed by atoms with Crippen LogP contribution in [0.1, 0.15) is 0 Å². The monoisotopic (exact) mass is 385 g/mol. The molecule has 0 radical (unpaired) electrons. The van der Waals surface area contributed by atoms with Crippen LogP contribution < -0.4 is 4.72 Å². The molecule has 0 aliphatic carbocycles. The second-order valence-electron chi connectivity index (χ2n) is 5.46. The quantitative estimate of drug-likeness (QED) is 0.386. The minimum absolute atomic E-state index is 0.654. The SMILES string of the molecule is Clc1ccc(SNc2ccc(Cl)c(-c3nc4ccccc4[nH]3)c2)cc1. The van der Waals surface area contributed by atoms with E-state index in [1.807, 2.05) is 66.7 Å². The molecule has 25 heavy (non-hydrogen) atoms. The van der Waals surface area contributed by atoms with Crippen LogP contribution in [0.4, 0.5) is 5.69 Å². The lowest BCUT2D eigenvalue weighted by atomic mass is 10.2. The molecule has 0 saturated heterocycles. The fourth-order valence-electron chi connectivity index (χ4n) is 2.47. The average Bonchev–Trinajstić information content (AvgIpc) is 3.06. The summed E-state index contributed by atoms with van der Waals surface area (Å²) in [5.41, 5.74) is 3.71. The van der Waals surface area contributed by atoms with Crippen molar-refractivity contribution in [3.05, 3.63) is 76.8 Å². The number of nitrogens with one attached hydrogen (secondary N) is 2. The van der Waals surface area contributed by atoms with Gasteiger partial charge in [0.1, 0.15) is 5.82 Å². The van der Waals surface area contributed by atoms with Crippen molar-refractivity contribution in [2.75, 3.05) is 4.72 Å². The van der Waals surface area contributed by atoms with Crippen LogP contribution >= 0.6 is 35.1 Å². The molecule has 0 bridgehead atoms. The van der Waals surface area contributed by atoms with Gasteiger partial charge in [-0.2, -0.15) is 0 Å². The Morgan fingerprint density at radius 1 is 0.920 bits per heavy atom. The Morgan fingerprint density at radius 3 is 2.52 bits per heavy atom. The molecule has 4 rings (SSSR count). The van der Waals surface area contributed by atoms with Crippen LogP contribution in [-0.4, -0.2) is 9.97 Å². The maximum absolute atomic E-state index is 6.38. The number of aromatic amines is 1. The zero-order valence-electron chi connectivity index (χ0n) is 13.0. The molecule has 2 N–H and O–H groups in total. The Morgan fingerprint density at radius 2 is 1.72 bits per heavy atom. The van der Waals surface area contributed by atoms with Crippen molar-refractivity contribution in [1.29, 1.82) is 0 Å². The Kier molecular flexibility index (Phi) is 4.57. The molecule has 3 aromatic carbocycles. The first-order valence-corrected chi connectivity index (χ1v) is 9.19. The number of rotatable bonds is 4. The highest BCUT2D eigenvalue weighted by molar-refractivity contribution is 8.00. The molecule has 0 spiro atoms. The maximum Gasteiger partial charge on any atom is 0.140 e. The Hall–Kier alpha value is -2.14. The van der Waals surface area contributed by atoms with Gasteiger partial charge in [0.05, 0.1) is 16.1 Å². The number of hydrogen-bond acceptors (Lipinski definition) is 3. The summed E-state index contributed by atoms with van der Waals surface area (Å²) in [4.78, 5) is 9.01. The summed E-state index contributed by atoms with van der Waals surface area (Å²) in [7, 11) is 0.